The molecule has 0 aliphatic rings. The highest BCUT2D eigenvalue weighted by atomic mass is 16.5. The maximum atomic E-state index is 12.3. The SMILES string of the molecule is CCN(CC)Cc1ccc(CNC(=O)CCc2cc(OC)c(OC)c(OC)c2)cc1. The Bertz CT molecular complexity index is 776. The molecule has 0 aliphatic carbocycles. The van der Waals surface area contributed by atoms with Crippen molar-refractivity contribution in [1.29, 1.82) is 0 Å². The Kier molecular flexibility index (Phi) is 9.48. The Morgan fingerprint density at radius 3 is 1.93 bits per heavy atom. The first kappa shape index (κ1) is 23.5. The fraction of sp³-hybridized carbons (Fsp3) is 0.458. The van der Waals surface area contributed by atoms with Crippen LogP contribution in [0.1, 0.15) is 37.0 Å². The van der Waals surface area contributed by atoms with Crippen molar-refractivity contribution >= 4 is 5.91 Å². The van der Waals surface area contributed by atoms with E-state index in [0.29, 0.717) is 36.6 Å². The molecule has 164 valence electrons. The summed E-state index contributed by atoms with van der Waals surface area (Å²) in [5, 5.41) is 2.99. The fourth-order valence-corrected chi connectivity index (χ4v) is 3.29. The van der Waals surface area contributed by atoms with Gasteiger partial charge in [0.25, 0.3) is 0 Å². The molecule has 0 unspecified atom stereocenters. The van der Waals surface area contributed by atoms with Crippen LogP contribution >= 0.6 is 0 Å². The van der Waals surface area contributed by atoms with Crippen molar-refractivity contribution in [2.45, 2.75) is 39.8 Å². The Balaban J connectivity index is 1.87. The van der Waals surface area contributed by atoms with Crippen LogP contribution in [0, 0.1) is 0 Å². The highest BCUT2D eigenvalue weighted by Gasteiger charge is 2.14. The summed E-state index contributed by atoms with van der Waals surface area (Å²) < 4.78 is 16.1. The number of carbonyl (C=O) groups excluding carboxylic acids is 1. The molecule has 0 saturated carbocycles. The molecule has 0 heterocycles. The predicted octanol–water partition coefficient (Wildman–Crippen LogP) is 3.80. The van der Waals surface area contributed by atoms with Crippen molar-refractivity contribution in [2.75, 3.05) is 34.4 Å². The Morgan fingerprint density at radius 2 is 1.43 bits per heavy atom. The van der Waals surface area contributed by atoms with Crippen molar-refractivity contribution in [1.82, 2.24) is 10.2 Å². The van der Waals surface area contributed by atoms with E-state index >= 15 is 0 Å². The standard InChI is InChI=1S/C24H34N2O4/c1-6-26(7-2)17-19-10-8-18(9-11-19)16-25-23(27)13-12-20-14-21(28-3)24(30-5)22(15-20)29-4/h8-11,14-15H,6-7,12-13,16-17H2,1-5H3,(H,25,27). The van der Waals surface area contributed by atoms with E-state index < -0.39 is 0 Å². The number of carbonyl (C=O) groups is 1. The van der Waals surface area contributed by atoms with Crippen molar-refractivity contribution < 1.29 is 19.0 Å². The minimum atomic E-state index is 0.0102. The molecule has 0 saturated heterocycles. The summed E-state index contributed by atoms with van der Waals surface area (Å²) in [6, 6.07) is 12.2. The fourth-order valence-electron chi connectivity index (χ4n) is 3.29. The van der Waals surface area contributed by atoms with Gasteiger partial charge in [-0.05, 0) is 48.3 Å². The minimum Gasteiger partial charge on any atom is -0.493 e. The molecule has 0 fully saturated rings. The monoisotopic (exact) mass is 414 g/mol. The summed E-state index contributed by atoms with van der Waals surface area (Å²) in [4.78, 5) is 14.7. The zero-order valence-corrected chi connectivity index (χ0v) is 18.8. The summed E-state index contributed by atoms with van der Waals surface area (Å²) in [5.74, 6) is 1.75. The van der Waals surface area contributed by atoms with E-state index in [4.69, 9.17) is 14.2 Å². The minimum absolute atomic E-state index is 0.0102. The van der Waals surface area contributed by atoms with Crippen molar-refractivity contribution in [3.05, 3.63) is 53.1 Å². The molecule has 0 aromatic heterocycles. The van der Waals surface area contributed by atoms with E-state index in [2.05, 4.69) is 48.3 Å². The molecule has 6 nitrogen and oxygen atoms in total. The van der Waals surface area contributed by atoms with Crippen molar-refractivity contribution in [2.24, 2.45) is 0 Å². The van der Waals surface area contributed by atoms with Gasteiger partial charge in [0.2, 0.25) is 11.7 Å². The number of rotatable bonds is 12. The molecule has 6 heteroatoms. The molecule has 0 spiro atoms. The lowest BCUT2D eigenvalue weighted by molar-refractivity contribution is -0.121. The molecule has 1 N–H and O–H groups in total. The summed E-state index contributed by atoms with van der Waals surface area (Å²) >= 11 is 0. The quantitative estimate of drug-likeness (QED) is 0.572. The second kappa shape index (κ2) is 12.1. The first-order chi connectivity index (χ1) is 14.5. The van der Waals surface area contributed by atoms with E-state index in [-0.39, 0.29) is 5.91 Å². The first-order valence-electron chi connectivity index (χ1n) is 10.4. The molecule has 0 atom stereocenters. The van der Waals surface area contributed by atoms with Gasteiger partial charge in [0.1, 0.15) is 0 Å². The van der Waals surface area contributed by atoms with E-state index in [1.54, 1.807) is 21.3 Å². The molecule has 0 bridgehead atoms. The van der Waals surface area contributed by atoms with Gasteiger partial charge in [-0.25, -0.2) is 0 Å². The van der Waals surface area contributed by atoms with Crippen LogP contribution in [-0.4, -0.2) is 45.2 Å². The topological polar surface area (TPSA) is 60.0 Å². The Morgan fingerprint density at radius 1 is 0.867 bits per heavy atom. The van der Waals surface area contributed by atoms with Gasteiger partial charge in [0, 0.05) is 19.5 Å². The van der Waals surface area contributed by atoms with E-state index in [1.165, 1.54) is 5.56 Å². The van der Waals surface area contributed by atoms with Gasteiger partial charge in [0.15, 0.2) is 11.5 Å². The van der Waals surface area contributed by atoms with E-state index in [1.807, 2.05) is 12.1 Å². The molecule has 1 amide bonds. The van der Waals surface area contributed by atoms with Crippen LogP contribution in [0.3, 0.4) is 0 Å². The van der Waals surface area contributed by atoms with Gasteiger partial charge in [-0.1, -0.05) is 38.1 Å². The maximum absolute atomic E-state index is 12.3. The summed E-state index contributed by atoms with van der Waals surface area (Å²) in [7, 11) is 4.74. The number of hydrogen-bond donors (Lipinski definition) is 1. The first-order valence-corrected chi connectivity index (χ1v) is 10.4. The van der Waals surface area contributed by atoms with Gasteiger partial charge < -0.3 is 19.5 Å². The van der Waals surface area contributed by atoms with E-state index in [0.717, 1.165) is 30.8 Å². The highest BCUT2D eigenvalue weighted by molar-refractivity contribution is 5.76. The number of hydrogen-bond acceptors (Lipinski definition) is 5. The molecule has 2 aromatic carbocycles. The Hall–Kier alpha value is -2.73. The molecule has 2 rings (SSSR count). The zero-order valence-electron chi connectivity index (χ0n) is 18.8. The van der Waals surface area contributed by atoms with E-state index in [9.17, 15) is 4.79 Å². The zero-order chi connectivity index (χ0) is 21.9. The molecular formula is C24H34N2O4. The van der Waals surface area contributed by atoms with Crippen LogP contribution in [0.5, 0.6) is 17.2 Å². The number of nitrogens with zero attached hydrogens (tertiary/aromatic N) is 1. The lowest BCUT2D eigenvalue weighted by Gasteiger charge is -2.18. The van der Waals surface area contributed by atoms with Crippen LogP contribution < -0.4 is 19.5 Å². The van der Waals surface area contributed by atoms with Crippen LogP contribution in [0.2, 0.25) is 0 Å². The molecule has 2 aromatic rings. The lowest BCUT2D eigenvalue weighted by atomic mass is 10.1. The molecule has 0 radical (unpaired) electrons. The summed E-state index contributed by atoms with van der Waals surface area (Å²) in [6.45, 7) is 7.91. The molecule has 0 aliphatic heterocycles. The number of benzene rings is 2. The Labute approximate surface area is 180 Å². The number of ether oxygens (including phenoxy) is 3. The van der Waals surface area contributed by atoms with Crippen molar-refractivity contribution in [3.8, 4) is 17.2 Å². The molecular weight excluding hydrogens is 380 g/mol. The van der Waals surface area contributed by atoms with Crippen LogP contribution in [0.25, 0.3) is 0 Å². The van der Waals surface area contributed by atoms with Crippen LogP contribution in [0.4, 0.5) is 0 Å². The average molecular weight is 415 g/mol. The van der Waals surface area contributed by atoms with Gasteiger partial charge in [0.05, 0.1) is 21.3 Å². The maximum Gasteiger partial charge on any atom is 0.220 e. The third-order valence-corrected chi connectivity index (χ3v) is 5.18. The average Bonchev–Trinajstić information content (AvgIpc) is 2.79. The summed E-state index contributed by atoms with van der Waals surface area (Å²) in [6.07, 6.45) is 0.976. The summed E-state index contributed by atoms with van der Waals surface area (Å²) in [5.41, 5.74) is 3.34. The number of methoxy groups -OCH3 is 3. The smallest absolute Gasteiger partial charge is 0.220 e. The van der Waals surface area contributed by atoms with Crippen LogP contribution in [-0.2, 0) is 24.3 Å². The number of amides is 1. The number of aryl methyl sites for hydroxylation is 1. The van der Waals surface area contributed by atoms with Gasteiger partial charge in [-0.2, -0.15) is 0 Å². The van der Waals surface area contributed by atoms with Crippen molar-refractivity contribution in [3.63, 3.8) is 0 Å². The molecule has 30 heavy (non-hydrogen) atoms. The highest BCUT2D eigenvalue weighted by Crippen LogP contribution is 2.38. The van der Waals surface area contributed by atoms with Gasteiger partial charge in [-0.15, -0.1) is 0 Å². The van der Waals surface area contributed by atoms with Gasteiger partial charge >= 0.3 is 0 Å². The normalized spacial score (nSPS) is 10.7. The van der Waals surface area contributed by atoms with Crippen LogP contribution in [0.15, 0.2) is 36.4 Å². The van der Waals surface area contributed by atoms with Gasteiger partial charge in [-0.3, -0.25) is 9.69 Å². The number of nitrogens with one attached hydrogen (secondary N) is 1. The lowest BCUT2D eigenvalue weighted by Crippen LogP contribution is -2.23. The third-order valence-electron chi connectivity index (χ3n) is 5.18. The third kappa shape index (κ3) is 6.66. The predicted molar refractivity (Wildman–Crippen MR) is 119 cm³/mol. The second-order valence-corrected chi connectivity index (χ2v) is 7.09. The largest absolute Gasteiger partial charge is 0.493 e. The second-order valence-electron chi connectivity index (χ2n) is 7.09.